The lowest BCUT2D eigenvalue weighted by atomic mass is 9.81. The number of aromatic carboxylic acids is 1. The van der Waals surface area contributed by atoms with Crippen molar-refractivity contribution < 1.29 is 14.6 Å². The summed E-state index contributed by atoms with van der Waals surface area (Å²) in [6.45, 7) is 3.98. The van der Waals surface area contributed by atoms with Crippen LogP contribution in [0.5, 0.6) is 5.75 Å². The van der Waals surface area contributed by atoms with Crippen LogP contribution in [0, 0.1) is 0 Å². The van der Waals surface area contributed by atoms with Crippen molar-refractivity contribution in [2.24, 2.45) is 0 Å². The largest absolute Gasteiger partial charge is 0.496 e. The SMILES string of the molecule is COc1ccccc1C(C)(C)c1cc(C(=O)O)n[nH]1. The molecule has 19 heavy (non-hydrogen) atoms. The number of nitrogens with one attached hydrogen (secondary N) is 1. The third-order valence-corrected chi connectivity index (χ3v) is 3.25. The summed E-state index contributed by atoms with van der Waals surface area (Å²) in [7, 11) is 1.62. The second kappa shape index (κ2) is 4.76. The van der Waals surface area contributed by atoms with Crippen molar-refractivity contribution in [1.82, 2.24) is 10.2 Å². The normalized spacial score (nSPS) is 11.3. The average Bonchev–Trinajstić information content (AvgIpc) is 2.89. The van der Waals surface area contributed by atoms with Crippen LogP contribution in [0.1, 0.15) is 35.6 Å². The molecule has 0 saturated heterocycles. The van der Waals surface area contributed by atoms with E-state index in [4.69, 9.17) is 9.84 Å². The van der Waals surface area contributed by atoms with Gasteiger partial charge in [0.05, 0.1) is 7.11 Å². The van der Waals surface area contributed by atoms with Crippen LogP contribution in [0.15, 0.2) is 30.3 Å². The van der Waals surface area contributed by atoms with Crippen molar-refractivity contribution in [2.45, 2.75) is 19.3 Å². The van der Waals surface area contributed by atoms with Gasteiger partial charge >= 0.3 is 5.97 Å². The third-order valence-electron chi connectivity index (χ3n) is 3.25. The number of ether oxygens (including phenoxy) is 1. The number of aromatic nitrogens is 2. The fourth-order valence-corrected chi connectivity index (χ4v) is 2.06. The van der Waals surface area contributed by atoms with Gasteiger partial charge in [-0.1, -0.05) is 32.0 Å². The smallest absolute Gasteiger partial charge is 0.356 e. The summed E-state index contributed by atoms with van der Waals surface area (Å²) in [4.78, 5) is 10.9. The molecule has 0 aliphatic rings. The minimum absolute atomic E-state index is 0.0120. The molecule has 1 heterocycles. The lowest BCUT2D eigenvalue weighted by Gasteiger charge is -2.25. The van der Waals surface area contributed by atoms with E-state index >= 15 is 0 Å². The molecule has 0 spiro atoms. The number of methoxy groups -OCH3 is 1. The molecule has 1 aromatic heterocycles. The van der Waals surface area contributed by atoms with Crippen LogP contribution < -0.4 is 4.74 Å². The topological polar surface area (TPSA) is 75.2 Å². The quantitative estimate of drug-likeness (QED) is 0.885. The van der Waals surface area contributed by atoms with Crippen molar-refractivity contribution in [3.05, 3.63) is 47.3 Å². The van der Waals surface area contributed by atoms with Crippen LogP contribution in [0.2, 0.25) is 0 Å². The van der Waals surface area contributed by atoms with Crippen LogP contribution in [0.25, 0.3) is 0 Å². The molecule has 0 radical (unpaired) electrons. The summed E-state index contributed by atoms with van der Waals surface area (Å²) in [5.74, 6) is -0.280. The van der Waals surface area contributed by atoms with Crippen LogP contribution in [0.4, 0.5) is 0 Å². The lowest BCUT2D eigenvalue weighted by Crippen LogP contribution is -2.20. The van der Waals surface area contributed by atoms with Crippen molar-refractivity contribution in [1.29, 1.82) is 0 Å². The summed E-state index contributed by atoms with van der Waals surface area (Å²) in [5, 5.41) is 15.5. The number of para-hydroxylation sites is 1. The highest BCUT2D eigenvalue weighted by Crippen LogP contribution is 2.36. The Morgan fingerprint density at radius 3 is 2.63 bits per heavy atom. The molecule has 2 aromatic rings. The molecule has 0 aliphatic heterocycles. The predicted octanol–water partition coefficient (Wildman–Crippen LogP) is 2.44. The van der Waals surface area contributed by atoms with Crippen molar-refractivity contribution >= 4 is 5.97 Å². The second-order valence-electron chi connectivity index (χ2n) is 4.80. The maximum Gasteiger partial charge on any atom is 0.356 e. The fraction of sp³-hybridized carbons (Fsp3) is 0.286. The number of rotatable bonds is 4. The highest BCUT2D eigenvalue weighted by Gasteiger charge is 2.29. The van der Waals surface area contributed by atoms with Gasteiger partial charge in [-0.05, 0) is 12.1 Å². The Labute approximate surface area is 111 Å². The molecular formula is C14H16N2O3. The monoisotopic (exact) mass is 260 g/mol. The summed E-state index contributed by atoms with van der Waals surface area (Å²) in [5.41, 5.74) is 1.29. The lowest BCUT2D eigenvalue weighted by molar-refractivity contribution is 0.0690. The first kappa shape index (κ1) is 13.1. The number of hydrogen-bond acceptors (Lipinski definition) is 3. The van der Waals surface area contributed by atoms with Crippen LogP contribution in [-0.2, 0) is 5.41 Å². The molecule has 0 aliphatic carbocycles. The van der Waals surface area contributed by atoms with Gasteiger partial charge in [-0.15, -0.1) is 0 Å². The molecule has 0 fully saturated rings. The van der Waals surface area contributed by atoms with Gasteiger partial charge in [-0.2, -0.15) is 5.10 Å². The Morgan fingerprint density at radius 1 is 1.37 bits per heavy atom. The van der Waals surface area contributed by atoms with Crippen LogP contribution in [0.3, 0.4) is 0 Å². The van der Waals surface area contributed by atoms with Gasteiger partial charge in [-0.25, -0.2) is 4.79 Å². The molecule has 2 N–H and O–H groups in total. The van der Waals surface area contributed by atoms with E-state index in [9.17, 15) is 4.79 Å². The molecule has 100 valence electrons. The maximum absolute atomic E-state index is 10.9. The Bertz CT molecular complexity index is 602. The van der Waals surface area contributed by atoms with E-state index in [0.717, 1.165) is 17.0 Å². The van der Waals surface area contributed by atoms with E-state index in [1.807, 2.05) is 38.1 Å². The van der Waals surface area contributed by atoms with Crippen molar-refractivity contribution in [2.75, 3.05) is 7.11 Å². The zero-order valence-corrected chi connectivity index (χ0v) is 11.1. The molecule has 1 aromatic carbocycles. The van der Waals surface area contributed by atoms with E-state index in [1.165, 1.54) is 0 Å². The highest BCUT2D eigenvalue weighted by atomic mass is 16.5. The summed E-state index contributed by atoms with van der Waals surface area (Å²) in [6, 6.07) is 9.21. The molecule has 2 rings (SSSR count). The number of hydrogen-bond donors (Lipinski definition) is 2. The average molecular weight is 260 g/mol. The van der Waals surface area contributed by atoms with Crippen LogP contribution >= 0.6 is 0 Å². The van der Waals surface area contributed by atoms with Crippen molar-refractivity contribution in [3.8, 4) is 5.75 Å². The molecule has 0 unspecified atom stereocenters. The third kappa shape index (κ3) is 2.31. The number of carboxylic acid groups (broad SMARTS) is 1. The number of aromatic amines is 1. The first-order valence-corrected chi connectivity index (χ1v) is 5.89. The summed E-state index contributed by atoms with van der Waals surface area (Å²) in [6.07, 6.45) is 0. The second-order valence-corrected chi connectivity index (χ2v) is 4.80. The number of benzene rings is 1. The molecule has 5 nitrogen and oxygen atoms in total. The minimum atomic E-state index is -1.04. The molecule has 0 amide bonds. The molecule has 0 atom stereocenters. The first-order chi connectivity index (χ1) is 8.96. The van der Waals surface area contributed by atoms with Crippen molar-refractivity contribution in [3.63, 3.8) is 0 Å². The van der Waals surface area contributed by atoms with Gasteiger partial charge in [0.15, 0.2) is 5.69 Å². The Morgan fingerprint density at radius 2 is 2.05 bits per heavy atom. The molecule has 5 heteroatoms. The molecule has 0 saturated carbocycles. The zero-order chi connectivity index (χ0) is 14.0. The first-order valence-electron chi connectivity index (χ1n) is 5.89. The number of carbonyl (C=O) groups is 1. The molecule has 0 bridgehead atoms. The van der Waals surface area contributed by atoms with Gasteiger partial charge < -0.3 is 9.84 Å². The van der Waals surface area contributed by atoms with Gasteiger partial charge in [0.2, 0.25) is 0 Å². The van der Waals surface area contributed by atoms with E-state index in [-0.39, 0.29) is 5.69 Å². The summed E-state index contributed by atoms with van der Waals surface area (Å²) >= 11 is 0. The Kier molecular flexibility index (Phi) is 3.29. The van der Waals surface area contributed by atoms with E-state index in [2.05, 4.69) is 10.2 Å². The predicted molar refractivity (Wildman–Crippen MR) is 70.7 cm³/mol. The highest BCUT2D eigenvalue weighted by molar-refractivity contribution is 5.85. The van der Waals surface area contributed by atoms with Gasteiger partial charge in [0.25, 0.3) is 0 Å². The van der Waals surface area contributed by atoms with Gasteiger partial charge in [0, 0.05) is 16.7 Å². The Hall–Kier alpha value is -2.30. The minimum Gasteiger partial charge on any atom is -0.496 e. The number of nitrogens with zero attached hydrogens (tertiary/aromatic N) is 1. The van der Waals surface area contributed by atoms with E-state index in [0.29, 0.717) is 0 Å². The fourth-order valence-electron chi connectivity index (χ4n) is 2.06. The van der Waals surface area contributed by atoms with E-state index < -0.39 is 11.4 Å². The van der Waals surface area contributed by atoms with Gasteiger partial charge in [-0.3, -0.25) is 5.10 Å². The zero-order valence-electron chi connectivity index (χ0n) is 11.1. The summed E-state index contributed by atoms with van der Waals surface area (Å²) < 4.78 is 5.36. The standard InChI is InChI=1S/C14H16N2O3/c1-14(2,9-6-4-5-7-11(9)19-3)12-8-10(13(17)18)15-16-12/h4-8H,1-3H3,(H,15,16)(H,17,18). The van der Waals surface area contributed by atoms with Gasteiger partial charge in [0.1, 0.15) is 5.75 Å². The van der Waals surface area contributed by atoms with Crippen LogP contribution in [-0.4, -0.2) is 28.4 Å². The van der Waals surface area contributed by atoms with E-state index in [1.54, 1.807) is 13.2 Å². The Balaban J connectivity index is 2.48. The maximum atomic E-state index is 10.9. The number of carboxylic acids is 1. The number of H-pyrrole nitrogens is 1. The molecular weight excluding hydrogens is 244 g/mol.